The molecule has 0 saturated carbocycles. The van der Waals surface area contributed by atoms with E-state index in [1.54, 1.807) is 0 Å². The van der Waals surface area contributed by atoms with Crippen LogP contribution in [-0.4, -0.2) is 40.7 Å². The van der Waals surface area contributed by atoms with E-state index in [2.05, 4.69) is 22.3 Å². The van der Waals surface area contributed by atoms with Gasteiger partial charge in [0.2, 0.25) is 0 Å². The zero-order chi connectivity index (χ0) is 20.2. The van der Waals surface area contributed by atoms with Gasteiger partial charge in [0.15, 0.2) is 5.65 Å². The number of nitrogens with two attached hydrogens (primary N) is 2. The minimum Gasteiger partial charge on any atom is -0.365 e. The van der Waals surface area contributed by atoms with Gasteiger partial charge in [0.25, 0.3) is 5.91 Å². The van der Waals surface area contributed by atoms with Crippen molar-refractivity contribution in [2.75, 3.05) is 30.3 Å². The summed E-state index contributed by atoms with van der Waals surface area (Å²) in [5.74, 6) is 2.72. The van der Waals surface area contributed by atoms with E-state index in [4.69, 9.17) is 16.5 Å². The molecule has 2 aromatic heterocycles. The molecule has 29 heavy (non-hydrogen) atoms. The summed E-state index contributed by atoms with van der Waals surface area (Å²) in [6, 6.07) is 8.11. The molecular formula is C22H27N5OS. The molecule has 0 unspecified atom stereocenters. The number of primary amides is 1. The fraction of sp³-hybridized carbons (Fsp3) is 0.455. The normalized spacial score (nSPS) is 18.9. The Hall–Kier alpha value is -2.25. The largest absolute Gasteiger partial charge is 0.365 e. The van der Waals surface area contributed by atoms with Gasteiger partial charge in [-0.2, -0.15) is 11.8 Å². The minimum absolute atomic E-state index is 0.203. The lowest BCUT2D eigenvalue weighted by molar-refractivity contribution is 0.100. The van der Waals surface area contributed by atoms with Crippen LogP contribution in [0.2, 0.25) is 0 Å². The van der Waals surface area contributed by atoms with E-state index in [-0.39, 0.29) is 11.3 Å². The first-order valence-corrected chi connectivity index (χ1v) is 11.5. The first kappa shape index (κ1) is 18.8. The average Bonchev–Trinajstić information content (AvgIpc) is 3.11. The Balaban J connectivity index is 1.80. The molecule has 4 N–H and O–H groups in total. The lowest BCUT2D eigenvalue weighted by atomic mass is 9.80. The van der Waals surface area contributed by atoms with E-state index in [0.29, 0.717) is 11.2 Å². The molecule has 1 amide bonds. The number of piperidine rings is 1. The third-order valence-electron chi connectivity index (χ3n) is 6.68. The van der Waals surface area contributed by atoms with E-state index in [0.717, 1.165) is 67.0 Å². The van der Waals surface area contributed by atoms with Gasteiger partial charge in [-0.15, -0.1) is 0 Å². The van der Waals surface area contributed by atoms with Crippen LogP contribution in [0.15, 0.2) is 24.3 Å². The first-order chi connectivity index (χ1) is 14.0. The average molecular weight is 410 g/mol. The van der Waals surface area contributed by atoms with E-state index in [1.165, 1.54) is 11.4 Å². The Morgan fingerprint density at radius 1 is 1.24 bits per heavy atom. The third-order valence-corrected chi connectivity index (χ3v) is 7.67. The Morgan fingerprint density at radius 3 is 2.72 bits per heavy atom. The van der Waals surface area contributed by atoms with Crippen molar-refractivity contribution in [3.63, 3.8) is 0 Å². The molecule has 1 aromatic carbocycles. The zero-order valence-electron chi connectivity index (χ0n) is 16.8. The molecule has 0 bridgehead atoms. The SMILES string of the molecule is CC1(CN)CCN(c2c3c(c(C(N)=O)c4nc5ccccc5n24)CCSC3)CC1. The quantitative estimate of drug-likeness (QED) is 0.694. The molecule has 4 heterocycles. The Kier molecular flexibility index (Phi) is 4.47. The van der Waals surface area contributed by atoms with Crippen molar-refractivity contribution >= 4 is 40.2 Å². The molecule has 7 heteroatoms. The Bertz CT molecular complexity index is 1110. The van der Waals surface area contributed by atoms with Crippen LogP contribution >= 0.6 is 11.8 Å². The third kappa shape index (κ3) is 2.90. The number of rotatable bonds is 3. The second kappa shape index (κ2) is 6.92. The summed E-state index contributed by atoms with van der Waals surface area (Å²) in [6.07, 6.45) is 2.99. The molecule has 2 aliphatic rings. The van der Waals surface area contributed by atoms with Crippen molar-refractivity contribution in [1.82, 2.24) is 9.38 Å². The summed E-state index contributed by atoms with van der Waals surface area (Å²) >= 11 is 1.92. The Morgan fingerprint density at radius 2 is 2.00 bits per heavy atom. The predicted octanol–water partition coefficient (Wildman–Crippen LogP) is 2.94. The minimum atomic E-state index is -0.380. The van der Waals surface area contributed by atoms with Gasteiger partial charge >= 0.3 is 0 Å². The molecule has 0 atom stereocenters. The van der Waals surface area contributed by atoms with Crippen molar-refractivity contribution in [3.05, 3.63) is 41.0 Å². The van der Waals surface area contributed by atoms with Crippen LogP contribution in [0.25, 0.3) is 16.7 Å². The van der Waals surface area contributed by atoms with Crippen molar-refractivity contribution in [2.45, 2.75) is 31.9 Å². The summed E-state index contributed by atoms with van der Waals surface area (Å²) in [7, 11) is 0. The highest BCUT2D eigenvalue weighted by molar-refractivity contribution is 7.98. The van der Waals surface area contributed by atoms with E-state index < -0.39 is 0 Å². The van der Waals surface area contributed by atoms with E-state index in [9.17, 15) is 4.79 Å². The fourth-order valence-electron chi connectivity index (χ4n) is 4.79. The van der Waals surface area contributed by atoms with Crippen molar-refractivity contribution in [1.29, 1.82) is 0 Å². The van der Waals surface area contributed by atoms with Crippen LogP contribution in [0, 0.1) is 5.41 Å². The number of carbonyl (C=O) groups is 1. The van der Waals surface area contributed by atoms with Gasteiger partial charge in [0.1, 0.15) is 5.82 Å². The number of hydrogen-bond donors (Lipinski definition) is 2. The van der Waals surface area contributed by atoms with Gasteiger partial charge in [-0.05, 0) is 54.7 Å². The van der Waals surface area contributed by atoms with Crippen LogP contribution in [-0.2, 0) is 12.2 Å². The number of amides is 1. The summed E-state index contributed by atoms with van der Waals surface area (Å²) in [5.41, 5.74) is 17.7. The summed E-state index contributed by atoms with van der Waals surface area (Å²) in [5, 5.41) is 0. The number of pyridine rings is 1. The molecule has 5 rings (SSSR count). The molecule has 3 aromatic rings. The first-order valence-electron chi connectivity index (χ1n) is 10.3. The number of nitrogens with zero attached hydrogens (tertiary/aromatic N) is 3. The van der Waals surface area contributed by atoms with Gasteiger partial charge in [-0.25, -0.2) is 4.98 Å². The number of hydrogen-bond acceptors (Lipinski definition) is 5. The zero-order valence-corrected chi connectivity index (χ0v) is 17.6. The van der Waals surface area contributed by atoms with Crippen molar-refractivity contribution in [2.24, 2.45) is 16.9 Å². The molecule has 1 fully saturated rings. The second-order valence-corrected chi connectivity index (χ2v) is 9.69. The van der Waals surface area contributed by atoms with Gasteiger partial charge in [-0.3, -0.25) is 9.20 Å². The molecule has 2 aliphatic heterocycles. The number of aromatic nitrogens is 2. The van der Waals surface area contributed by atoms with Crippen LogP contribution in [0.5, 0.6) is 0 Å². The number of benzene rings is 1. The van der Waals surface area contributed by atoms with Crippen LogP contribution in [0.1, 0.15) is 41.3 Å². The van der Waals surface area contributed by atoms with Crippen LogP contribution < -0.4 is 16.4 Å². The topological polar surface area (TPSA) is 89.6 Å². The van der Waals surface area contributed by atoms with Gasteiger partial charge in [0, 0.05) is 24.4 Å². The lowest BCUT2D eigenvalue weighted by Crippen LogP contribution is -2.43. The summed E-state index contributed by atoms with van der Waals surface area (Å²) in [6.45, 7) is 4.93. The number of fused-ring (bicyclic) bond motifs is 4. The predicted molar refractivity (Wildman–Crippen MR) is 120 cm³/mol. The molecule has 0 aliphatic carbocycles. The van der Waals surface area contributed by atoms with Crippen molar-refractivity contribution < 1.29 is 4.79 Å². The molecular weight excluding hydrogens is 382 g/mol. The number of carbonyl (C=O) groups excluding carboxylic acids is 1. The molecule has 0 spiro atoms. The molecule has 6 nitrogen and oxygen atoms in total. The standard InChI is InChI=1S/C22H27N5OS/c1-22(13-23)7-9-26(10-8-22)21-15-12-29-11-6-14(15)18(19(24)28)20-25-16-4-2-3-5-17(16)27(20)21/h2-5H,6-13,23H2,1H3,(H2,24,28). The maximum atomic E-state index is 12.5. The Labute approximate surface area is 174 Å². The molecule has 152 valence electrons. The highest BCUT2D eigenvalue weighted by Gasteiger charge is 2.34. The monoisotopic (exact) mass is 409 g/mol. The summed E-state index contributed by atoms with van der Waals surface area (Å²) in [4.78, 5) is 19.8. The summed E-state index contributed by atoms with van der Waals surface area (Å²) < 4.78 is 2.19. The highest BCUT2D eigenvalue weighted by Crippen LogP contribution is 2.41. The van der Waals surface area contributed by atoms with Crippen molar-refractivity contribution in [3.8, 4) is 0 Å². The van der Waals surface area contributed by atoms with Crippen LogP contribution in [0.3, 0.4) is 0 Å². The van der Waals surface area contributed by atoms with Crippen LogP contribution in [0.4, 0.5) is 5.82 Å². The van der Waals surface area contributed by atoms with Gasteiger partial charge in [-0.1, -0.05) is 19.1 Å². The molecule has 0 radical (unpaired) electrons. The lowest BCUT2D eigenvalue weighted by Gasteiger charge is -2.41. The number of imidazole rings is 1. The molecule has 1 saturated heterocycles. The maximum absolute atomic E-state index is 12.5. The second-order valence-electron chi connectivity index (χ2n) is 8.58. The van der Waals surface area contributed by atoms with E-state index >= 15 is 0 Å². The number of anilines is 1. The highest BCUT2D eigenvalue weighted by atomic mass is 32.2. The number of para-hydroxylation sites is 2. The number of thioether (sulfide) groups is 1. The van der Waals surface area contributed by atoms with E-state index in [1.807, 2.05) is 30.0 Å². The fourth-order valence-corrected chi connectivity index (χ4v) is 5.79. The van der Waals surface area contributed by atoms with Gasteiger partial charge in [0.05, 0.1) is 16.6 Å². The van der Waals surface area contributed by atoms with Gasteiger partial charge < -0.3 is 16.4 Å². The smallest absolute Gasteiger partial charge is 0.252 e. The maximum Gasteiger partial charge on any atom is 0.252 e.